The average molecular weight is 373 g/mol. The van der Waals surface area contributed by atoms with E-state index in [1.165, 1.54) is 5.56 Å². The Hall–Kier alpha value is -0.400. The van der Waals surface area contributed by atoms with Gasteiger partial charge in [-0.25, -0.2) is 0 Å². The van der Waals surface area contributed by atoms with E-state index in [0.717, 1.165) is 44.1 Å². The van der Waals surface area contributed by atoms with Gasteiger partial charge in [-0.3, -0.25) is 9.35 Å². The second kappa shape index (κ2) is 6.64. The van der Waals surface area contributed by atoms with E-state index in [1.54, 1.807) is 12.1 Å². The van der Waals surface area contributed by atoms with Crippen LogP contribution in [-0.4, -0.2) is 18.8 Å². The maximum absolute atomic E-state index is 12.3. The summed E-state index contributed by atoms with van der Waals surface area (Å²) in [7, 11) is -4.49. The molecule has 3 aliphatic rings. The number of Topliss-reactive ketones (excluding diaryl/α,β-unsaturated/α-hetero) is 1. The molecule has 0 amide bonds. The van der Waals surface area contributed by atoms with Crippen LogP contribution in [0.1, 0.15) is 56.1 Å². The zero-order chi connectivity index (χ0) is 17.1. The molecule has 2 saturated carbocycles. The number of carbonyl (C=O) groups excluding carboxylic acids is 1. The van der Waals surface area contributed by atoms with Crippen molar-refractivity contribution in [1.82, 2.24) is 0 Å². The van der Waals surface area contributed by atoms with Crippen molar-refractivity contribution in [3.05, 3.63) is 29.3 Å². The fourth-order valence-corrected chi connectivity index (χ4v) is 5.85. The summed E-state index contributed by atoms with van der Waals surface area (Å²) >= 11 is 0. The van der Waals surface area contributed by atoms with Crippen molar-refractivity contribution in [3.8, 4) is 5.75 Å². The molecule has 1 aromatic carbocycles. The van der Waals surface area contributed by atoms with Gasteiger partial charge >= 0.3 is 40.0 Å². The maximum Gasteiger partial charge on any atom is 1.00 e. The maximum atomic E-state index is 12.3. The molecular weight excluding hydrogens is 351 g/mol. The second-order valence-electron chi connectivity index (χ2n) is 7.71. The van der Waals surface area contributed by atoms with Crippen molar-refractivity contribution in [2.75, 3.05) is 0 Å². The molecule has 0 radical (unpaired) electrons. The largest absolute Gasteiger partial charge is 1.00 e. The molecule has 4 atom stereocenters. The summed E-state index contributed by atoms with van der Waals surface area (Å²) in [4.78, 5) is 12.3. The third kappa shape index (κ3) is 3.32. The molecule has 1 N–H and O–H groups in total. The Morgan fingerprint density at radius 3 is 2.68 bits per heavy atom. The van der Waals surface area contributed by atoms with Gasteiger partial charge in [0, 0.05) is 11.8 Å². The van der Waals surface area contributed by atoms with Gasteiger partial charge < -0.3 is 4.18 Å². The van der Waals surface area contributed by atoms with Gasteiger partial charge in [0.1, 0.15) is 11.5 Å². The first kappa shape index (κ1) is 19.4. The number of ketones is 1. The average Bonchev–Trinajstić information content (AvgIpc) is 2.81. The first-order valence-electron chi connectivity index (χ1n) is 8.61. The van der Waals surface area contributed by atoms with Crippen LogP contribution in [0.25, 0.3) is 0 Å². The zero-order valence-electron chi connectivity index (χ0n) is 14.7. The predicted molar refractivity (Wildman–Crippen MR) is 88.2 cm³/mol. The fraction of sp³-hybridized carbons (Fsp3) is 0.611. The summed E-state index contributed by atoms with van der Waals surface area (Å²) in [5.74, 6) is 2.05. The molecule has 0 unspecified atom stereocenters. The van der Waals surface area contributed by atoms with E-state index < -0.39 is 10.4 Å². The zero-order valence-corrected chi connectivity index (χ0v) is 17.5. The minimum absolute atomic E-state index is 0. The number of aryl methyl sites for hydroxylation is 1. The first-order chi connectivity index (χ1) is 11.3. The minimum Gasteiger partial charge on any atom is -0.362 e. The van der Waals surface area contributed by atoms with Gasteiger partial charge in [0.2, 0.25) is 0 Å². The van der Waals surface area contributed by atoms with Crippen LogP contribution in [0.4, 0.5) is 0 Å². The van der Waals surface area contributed by atoms with Crippen molar-refractivity contribution >= 4 is 16.2 Å². The third-order valence-electron chi connectivity index (χ3n) is 6.61. The van der Waals surface area contributed by atoms with Gasteiger partial charge in [-0.2, -0.15) is 8.42 Å². The Balaban J connectivity index is 0.00000182. The Morgan fingerprint density at radius 1 is 1.20 bits per heavy atom. The van der Waals surface area contributed by atoms with E-state index in [0.29, 0.717) is 23.5 Å². The van der Waals surface area contributed by atoms with Crippen molar-refractivity contribution < 1.29 is 51.5 Å². The van der Waals surface area contributed by atoms with E-state index in [9.17, 15) is 13.2 Å². The Morgan fingerprint density at radius 2 is 1.96 bits per heavy atom. The van der Waals surface area contributed by atoms with Gasteiger partial charge in [0.15, 0.2) is 0 Å². The number of benzene rings is 1. The summed E-state index contributed by atoms with van der Waals surface area (Å²) in [5, 5.41) is 0. The summed E-state index contributed by atoms with van der Waals surface area (Å²) in [5.41, 5.74) is 2.23. The molecule has 7 heteroatoms. The predicted octanol–water partition coefficient (Wildman–Crippen LogP) is 0.297. The van der Waals surface area contributed by atoms with E-state index in [2.05, 4.69) is 11.1 Å². The normalized spacial score (nSPS) is 33.7. The van der Waals surface area contributed by atoms with Crippen molar-refractivity contribution in [2.45, 2.75) is 51.4 Å². The van der Waals surface area contributed by atoms with E-state index in [4.69, 9.17) is 4.55 Å². The molecule has 2 fully saturated rings. The van der Waals surface area contributed by atoms with E-state index in [1.807, 2.05) is 6.07 Å². The summed E-state index contributed by atoms with van der Waals surface area (Å²) in [6.45, 7) is 2.15. The van der Waals surface area contributed by atoms with Gasteiger partial charge in [0.05, 0.1) is 0 Å². The molecule has 0 saturated heterocycles. The molecule has 0 heterocycles. The first-order valence-corrected chi connectivity index (χ1v) is 9.97. The summed E-state index contributed by atoms with van der Waals surface area (Å²) < 4.78 is 35.2. The Bertz CT molecular complexity index is 806. The molecule has 0 aliphatic heterocycles. The number of rotatable bonds is 2. The van der Waals surface area contributed by atoms with Crippen LogP contribution in [0.2, 0.25) is 0 Å². The van der Waals surface area contributed by atoms with Crippen LogP contribution in [0.5, 0.6) is 5.75 Å². The smallest absolute Gasteiger partial charge is 0.362 e. The van der Waals surface area contributed by atoms with Gasteiger partial charge in [-0.1, -0.05) is 13.0 Å². The number of hydrogen-bond donors (Lipinski definition) is 1. The molecule has 4 rings (SSSR count). The molecule has 1 aromatic rings. The van der Waals surface area contributed by atoms with Crippen LogP contribution in [0, 0.1) is 17.3 Å². The van der Waals surface area contributed by atoms with E-state index in [-0.39, 0.29) is 40.7 Å². The molecule has 130 valence electrons. The van der Waals surface area contributed by atoms with Crippen molar-refractivity contribution in [1.29, 1.82) is 0 Å². The number of carbonyl (C=O) groups is 1. The quantitative estimate of drug-likeness (QED) is 0.596. The molecule has 3 aliphatic carbocycles. The molecule has 25 heavy (non-hydrogen) atoms. The van der Waals surface area contributed by atoms with Gasteiger partial charge in [-0.05, 0) is 73.1 Å². The standard InChI is InChI=1S/C18H22O5S.Na/c1-18-9-8-14-13-5-3-12(23-24(20,21)22)10-11(13)2-4-15(14)16(18)6-7-17(18)19;/h3,5,10,14-16H,2,4,6-9H2,1H3,(H,20,21,22);/q;+1/t14-,15-,16+,18+;/m1./s1. The van der Waals surface area contributed by atoms with Crippen molar-refractivity contribution in [2.24, 2.45) is 17.3 Å². The van der Waals surface area contributed by atoms with Crippen LogP contribution in [-0.2, 0) is 21.6 Å². The fourth-order valence-electron chi connectivity index (χ4n) is 5.50. The van der Waals surface area contributed by atoms with Crippen LogP contribution in [0.3, 0.4) is 0 Å². The molecule has 0 spiro atoms. The van der Waals surface area contributed by atoms with Gasteiger partial charge in [-0.15, -0.1) is 0 Å². The van der Waals surface area contributed by atoms with Crippen LogP contribution in [0.15, 0.2) is 18.2 Å². The molecule has 0 bridgehead atoms. The van der Waals surface area contributed by atoms with Crippen molar-refractivity contribution in [3.63, 3.8) is 0 Å². The Labute approximate surface area is 170 Å². The Kier molecular flexibility index (Phi) is 5.14. The topological polar surface area (TPSA) is 80.7 Å². The van der Waals surface area contributed by atoms with Crippen LogP contribution >= 0.6 is 0 Å². The minimum atomic E-state index is -4.49. The number of fused-ring (bicyclic) bond motifs is 5. The molecular formula is C18H22NaO5S+. The molecule has 0 aromatic heterocycles. The van der Waals surface area contributed by atoms with Crippen LogP contribution < -0.4 is 33.7 Å². The second-order valence-corrected chi connectivity index (χ2v) is 8.73. The van der Waals surface area contributed by atoms with E-state index >= 15 is 0 Å². The summed E-state index contributed by atoms with van der Waals surface area (Å²) in [6, 6.07) is 5.28. The van der Waals surface area contributed by atoms with Gasteiger partial charge in [0.25, 0.3) is 0 Å². The summed E-state index contributed by atoms with van der Waals surface area (Å²) in [6.07, 6.45) is 5.57. The monoisotopic (exact) mass is 373 g/mol. The SMILES string of the molecule is C[C@]12CC[C@@H]3c4ccc(OS(=O)(=O)O)cc4CC[C@H]3[C@@H]1CCC2=O.[Na+]. The number of hydrogen-bond acceptors (Lipinski definition) is 4. The molecule has 5 nitrogen and oxygen atoms in total. The third-order valence-corrected chi connectivity index (χ3v) is 7.01.